The summed E-state index contributed by atoms with van der Waals surface area (Å²) in [5.74, 6) is -0.841. The predicted molar refractivity (Wildman–Crippen MR) is 68.2 cm³/mol. The third-order valence-electron chi connectivity index (χ3n) is 4.12. The molecular weight excluding hydrogens is 230 g/mol. The molecule has 0 aromatic carbocycles. The summed E-state index contributed by atoms with van der Waals surface area (Å²) in [6.07, 6.45) is 5.14. The minimum Gasteiger partial charge on any atom is -0.481 e. The average Bonchev–Trinajstić information content (AvgIpc) is 2.71. The van der Waals surface area contributed by atoms with Gasteiger partial charge in [0.25, 0.3) is 0 Å². The van der Waals surface area contributed by atoms with Crippen LogP contribution in [0.2, 0.25) is 0 Å². The van der Waals surface area contributed by atoms with Crippen molar-refractivity contribution in [2.45, 2.75) is 45.1 Å². The molecule has 100 valence electrons. The number of hydrogen-bond donors (Lipinski definition) is 2. The zero-order chi connectivity index (χ0) is 13.2. The van der Waals surface area contributed by atoms with Crippen molar-refractivity contribution in [3.63, 3.8) is 0 Å². The van der Waals surface area contributed by atoms with Gasteiger partial charge in [0, 0.05) is 30.9 Å². The summed E-state index contributed by atoms with van der Waals surface area (Å²) in [7, 11) is 0. The molecule has 5 nitrogen and oxygen atoms in total. The van der Waals surface area contributed by atoms with Gasteiger partial charge >= 0.3 is 5.97 Å². The lowest BCUT2D eigenvalue weighted by Crippen LogP contribution is -2.46. The Kier molecular flexibility index (Phi) is 3.71. The first kappa shape index (κ1) is 13.1. The molecule has 0 amide bonds. The topological polar surface area (TPSA) is 81.1 Å². The fourth-order valence-electron chi connectivity index (χ4n) is 2.94. The molecule has 1 aromatic rings. The number of aryl methyl sites for hydroxylation is 1. The minimum absolute atomic E-state index is 0.127. The number of carboxylic acids is 1. The van der Waals surface area contributed by atoms with Crippen molar-refractivity contribution in [2.75, 3.05) is 6.54 Å². The third-order valence-corrected chi connectivity index (χ3v) is 4.12. The van der Waals surface area contributed by atoms with Crippen LogP contribution in [0.25, 0.3) is 0 Å². The number of nitrogens with zero attached hydrogens (tertiary/aromatic N) is 2. The van der Waals surface area contributed by atoms with Crippen molar-refractivity contribution < 1.29 is 9.90 Å². The van der Waals surface area contributed by atoms with Crippen LogP contribution < -0.4 is 5.73 Å². The van der Waals surface area contributed by atoms with Crippen molar-refractivity contribution in [3.05, 3.63) is 18.0 Å². The van der Waals surface area contributed by atoms with Crippen LogP contribution in [-0.4, -0.2) is 27.4 Å². The smallest absolute Gasteiger partial charge is 0.310 e. The lowest BCUT2D eigenvalue weighted by Gasteiger charge is -2.43. The number of hydrogen-bond acceptors (Lipinski definition) is 3. The van der Waals surface area contributed by atoms with Crippen LogP contribution in [0, 0.1) is 5.41 Å². The maximum atomic E-state index is 11.6. The Labute approximate surface area is 107 Å². The molecule has 2 rings (SSSR count). The average molecular weight is 251 g/mol. The zero-order valence-electron chi connectivity index (χ0n) is 10.8. The Bertz CT molecular complexity index is 424. The van der Waals surface area contributed by atoms with Crippen LogP contribution in [0.4, 0.5) is 0 Å². The lowest BCUT2D eigenvalue weighted by molar-refractivity contribution is -0.156. The van der Waals surface area contributed by atoms with E-state index in [0.717, 1.165) is 37.9 Å². The Morgan fingerprint density at radius 2 is 2.39 bits per heavy atom. The Hall–Kier alpha value is -1.36. The van der Waals surface area contributed by atoms with Gasteiger partial charge in [-0.05, 0) is 25.3 Å². The van der Waals surface area contributed by atoms with Crippen LogP contribution in [0.5, 0.6) is 0 Å². The maximum absolute atomic E-state index is 11.6. The summed E-state index contributed by atoms with van der Waals surface area (Å²) in [6, 6.07) is 1.91. The van der Waals surface area contributed by atoms with Gasteiger partial charge in [-0.25, -0.2) is 0 Å². The van der Waals surface area contributed by atoms with E-state index < -0.39 is 11.4 Å². The highest BCUT2D eigenvalue weighted by molar-refractivity contribution is 5.77. The highest BCUT2D eigenvalue weighted by atomic mass is 16.4. The highest BCUT2D eigenvalue weighted by Gasteiger charge is 2.51. The molecule has 1 aliphatic carbocycles. The molecular formula is C13H21N3O2. The summed E-state index contributed by atoms with van der Waals surface area (Å²) in [5.41, 5.74) is 6.17. The van der Waals surface area contributed by atoms with Gasteiger partial charge in [0.15, 0.2) is 0 Å². The van der Waals surface area contributed by atoms with E-state index in [4.69, 9.17) is 5.73 Å². The Balaban J connectivity index is 2.32. The van der Waals surface area contributed by atoms with Crippen molar-refractivity contribution in [1.82, 2.24) is 9.78 Å². The highest BCUT2D eigenvalue weighted by Crippen LogP contribution is 2.51. The van der Waals surface area contributed by atoms with E-state index in [1.807, 2.05) is 10.7 Å². The van der Waals surface area contributed by atoms with Crippen molar-refractivity contribution in [2.24, 2.45) is 11.1 Å². The second kappa shape index (κ2) is 5.10. The molecule has 0 radical (unpaired) electrons. The molecule has 3 N–H and O–H groups in total. The van der Waals surface area contributed by atoms with Crippen LogP contribution in [0.15, 0.2) is 12.3 Å². The molecule has 1 saturated carbocycles. The first-order valence-electron chi connectivity index (χ1n) is 6.61. The van der Waals surface area contributed by atoms with Crippen molar-refractivity contribution in [1.29, 1.82) is 0 Å². The monoisotopic (exact) mass is 251 g/mol. The van der Waals surface area contributed by atoms with E-state index in [9.17, 15) is 9.90 Å². The maximum Gasteiger partial charge on any atom is 0.310 e. The van der Waals surface area contributed by atoms with E-state index in [2.05, 4.69) is 12.0 Å². The first-order valence-corrected chi connectivity index (χ1v) is 6.61. The molecule has 18 heavy (non-hydrogen) atoms. The number of nitrogens with two attached hydrogens (primary N) is 1. The largest absolute Gasteiger partial charge is 0.481 e. The molecule has 1 aliphatic rings. The second-order valence-electron chi connectivity index (χ2n) is 5.08. The molecule has 0 spiro atoms. The Morgan fingerprint density at radius 1 is 1.67 bits per heavy atom. The standard InChI is InChI=1S/C13H21N3O2/c1-2-8-16-11(4-7-15-16)10(9-14)13(12(17)18)5-3-6-13/h4,7,10H,2-3,5-6,8-9,14H2,1H3,(H,17,18)/t10-/m0/s1. The van der Waals surface area contributed by atoms with Gasteiger partial charge in [-0.15, -0.1) is 0 Å². The number of carboxylic acid groups (broad SMARTS) is 1. The van der Waals surface area contributed by atoms with E-state index in [-0.39, 0.29) is 5.92 Å². The molecule has 0 aliphatic heterocycles. The molecule has 1 fully saturated rings. The number of rotatable bonds is 6. The summed E-state index contributed by atoms with van der Waals surface area (Å²) in [6.45, 7) is 3.26. The fraction of sp³-hybridized carbons (Fsp3) is 0.692. The van der Waals surface area contributed by atoms with Crippen LogP contribution >= 0.6 is 0 Å². The van der Waals surface area contributed by atoms with Crippen LogP contribution in [-0.2, 0) is 11.3 Å². The van der Waals surface area contributed by atoms with E-state index in [0.29, 0.717) is 6.54 Å². The molecule has 0 bridgehead atoms. The molecule has 0 saturated heterocycles. The lowest BCUT2D eigenvalue weighted by atomic mass is 9.60. The van der Waals surface area contributed by atoms with Gasteiger partial charge in [-0.3, -0.25) is 9.48 Å². The van der Waals surface area contributed by atoms with Crippen LogP contribution in [0.1, 0.15) is 44.2 Å². The van der Waals surface area contributed by atoms with Crippen molar-refractivity contribution in [3.8, 4) is 0 Å². The number of aliphatic carboxylic acids is 1. The number of carbonyl (C=O) groups is 1. The predicted octanol–water partition coefficient (Wildman–Crippen LogP) is 1.59. The Morgan fingerprint density at radius 3 is 2.83 bits per heavy atom. The molecule has 1 aromatic heterocycles. The summed E-state index contributed by atoms with van der Waals surface area (Å²) < 4.78 is 1.90. The zero-order valence-corrected chi connectivity index (χ0v) is 10.8. The van der Waals surface area contributed by atoms with E-state index in [1.165, 1.54) is 0 Å². The van der Waals surface area contributed by atoms with E-state index >= 15 is 0 Å². The van der Waals surface area contributed by atoms with Gasteiger partial charge < -0.3 is 10.8 Å². The third kappa shape index (κ3) is 1.92. The van der Waals surface area contributed by atoms with Gasteiger partial charge in [-0.1, -0.05) is 13.3 Å². The van der Waals surface area contributed by atoms with Gasteiger partial charge in [-0.2, -0.15) is 5.10 Å². The second-order valence-corrected chi connectivity index (χ2v) is 5.08. The number of aromatic nitrogens is 2. The molecule has 1 heterocycles. The summed E-state index contributed by atoms with van der Waals surface area (Å²) in [5, 5.41) is 13.8. The van der Waals surface area contributed by atoms with Crippen molar-refractivity contribution >= 4 is 5.97 Å². The quantitative estimate of drug-likeness (QED) is 0.804. The molecule has 0 unspecified atom stereocenters. The van der Waals surface area contributed by atoms with Gasteiger partial charge in [0.2, 0.25) is 0 Å². The molecule has 1 atom stereocenters. The molecule has 5 heteroatoms. The van der Waals surface area contributed by atoms with E-state index in [1.54, 1.807) is 6.20 Å². The van der Waals surface area contributed by atoms with Gasteiger partial charge in [0.1, 0.15) is 0 Å². The SMILES string of the molecule is CCCn1nccc1[C@H](CN)C1(C(=O)O)CCC1. The summed E-state index contributed by atoms with van der Waals surface area (Å²) in [4.78, 5) is 11.6. The fourth-order valence-corrected chi connectivity index (χ4v) is 2.94. The normalized spacial score (nSPS) is 19.2. The minimum atomic E-state index is -0.714. The summed E-state index contributed by atoms with van der Waals surface area (Å²) >= 11 is 0. The van der Waals surface area contributed by atoms with Gasteiger partial charge in [0.05, 0.1) is 5.41 Å². The van der Waals surface area contributed by atoms with Crippen LogP contribution in [0.3, 0.4) is 0 Å². The first-order chi connectivity index (χ1) is 8.65.